The van der Waals surface area contributed by atoms with Crippen LogP contribution in [0.2, 0.25) is 5.02 Å². The minimum atomic E-state index is -4.13. The quantitative estimate of drug-likeness (QED) is 0.110. The summed E-state index contributed by atoms with van der Waals surface area (Å²) in [5.74, 6) is -9.88. The van der Waals surface area contributed by atoms with Crippen LogP contribution < -0.4 is 15.6 Å². The number of carbonyl (C=O) groups excluding carboxylic acids is 1. The molecule has 1 unspecified atom stereocenters. The molecular weight excluding hydrogens is 914 g/mol. The van der Waals surface area contributed by atoms with Crippen molar-refractivity contribution in [3.8, 4) is 16.9 Å². The van der Waals surface area contributed by atoms with Crippen LogP contribution in [0.25, 0.3) is 38.8 Å². The van der Waals surface area contributed by atoms with Crippen LogP contribution in [0.15, 0.2) is 71.5 Å². The highest BCUT2D eigenvalue weighted by atomic mass is 35.5. The Morgan fingerprint density at radius 2 is 1.71 bits per heavy atom. The first-order valence-corrected chi connectivity index (χ1v) is 21.9. The molecule has 0 saturated heterocycles. The first-order chi connectivity index (χ1) is 30.7. The molecule has 338 valence electrons. The number of alkyl halides is 6. The van der Waals surface area contributed by atoms with Crippen molar-refractivity contribution in [2.24, 2.45) is 5.92 Å². The number of amides is 1. The first kappa shape index (κ1) is 43.8. The third-order valence-electron chi connectivity index (χ3n) is 11.2. The van der Waals surface area contributed by atoms with Crippen LogP contribution in [-0.4, -0.2) is 61.1 Å². The molecule has 13 nitrogen and oxygen atoms in total. The molecule has 23 heteroatoms. The van der Waals surface area contributed by atoms with E-state index in [0.717, 1.165) is 23.0 Å². The Labute approximate surface area is 367 Å². The van der Waals surface area contributed by atoms with Crippen LogP contribution in [0.1, 0.15) is 58.8 Å². The summed E-state index contributed by atoms with van der Waals surface area (Å²) < 4.78 is 147. The summed E-state index contributed by atoms with van der Waals surface area (Å²) in [5, 5.41) is 9.84. The number of aromatic nitrogens is 7. The summed E-state index contributed by atoms with van der Waals surface area (Å²) in [6, 6.07) is 12.8. The molecule has 3 aromatic carbocycles. The number of rotatable bonds is 13. The van der Waals surface area contributed by atoms with Gasteiger partial charge in [0.1, 0.15) is 41.9 Å². The molecule has 0 spiro atoms. The Hall–Kier alpha value is -6.42. The zero-order chi connectivity index (χ0) is 46.4. The topological polar surface area (TPSA) is 159 Å². The molecule has 1 fully saturated rings. The molecule has 7 aromatic rings. The second-order valence-corrected chi connectivity index (χ2v) is 18.0. The fourth-order valence-corrected chi connectivity index (χ4v) is 9.35. The van der Waals surface area contributed by atoms with Gasteiger partial charge in [-0.15, -0.1) is 0 Å². The number of carbonyl (C=O) groups is 1. The monoisotopic (exact) mass is 945 g/mol. The van der Waals surface area contributed by atoms with Gasteiger partial charge >= 0.3 is 0 Å². The number of halogens is 9. The van der Waals surface area contributed by atoms with Gasteiger partial charge in [0.25, 0.3) is 24.3 Å². The van der Waals surface area contributed by atoms with Gasteiger partial charge in [-0.3, -0.25) is 33.2 Å². The predicted molar refractivity (Wildman–Crippen MR) is 221 cm³/mol. The number of nitrogens with zero attached hydrogens (tertiary/aromatic N) is 7. The number of hydrogen-bond donors (Lipinski definition) is 2. The number of anilines is 1. The van der Waals surface area contributed by atoms with Gasteiger partial charge in [0.2, 0.25) is 15.9 Å². The lowest BCUT2D eigenvalue weighted by atomic mass is 10.0. The minimum Gasteiger partial charge on any atom is -0.344 e. The van der Waals surface area contributed by atoms with Crippen molar-refractivity contribution in [1.29, 1.82) is 0 Å². The van der Waals surface area contributed by atoms with Crippen molar-refractivity contribution in [2.75, 3.05) is 11.0 Å². The molecule has 2 N–H and O–H groups in total. The number of pyridine rings is 1. The predicted octanol–water partition coefficient (Wildman–Crippen LogP) is 8.12. The van der Waals surface area contributed by atoms with Crippen molar-refractivity contribution < 1.29 is 48.3 Å². The van der Waals surface area contributed by atoms with Crippen molar-refractivity contribution in [3.63, 3.8) is 0 Å². The Morgan fingerprint density at radius 3 is 2.38 bits per heavy atom. The summed E-state index contributed by atoms with van der Waals surface area (Å²) in [5.41, 5.74) is -2.17. The molecule has 4 aromatic heterocycles. The van der Waals surface area contributed by atoms with Gasteiger partial charge in [-0.25, -0.2) is 39.7 Å². The molecule has 2 aliphatic carbocycles. The molecular formula is C42H32ClF8N9O4S. The van der Waals surface area contributed by atoms with Crippen molar-refractivity contribution in [3.05, 3.63) is 128 Å². The van der Waals surface area contributed by atoms with Crippen LogP contribution in [0.5, 0.6) is 0 Å². The number of fused-ring (bicyclic) bond motifs is 5. The molecule has 4 heterocycles. The Morgan fingerprint density at radius 1 is 0.969 bits per heavy atom. The van der Waals surface area contributed by atoms with Gasteiger partial charge in [-0.05, 0) is 73.4 Å². The van der Waals surface area contributed by atoms with Crippen molar-refractivity contribution in [2.45, 2.75) is 63.6 Å². The fourth-order valence-electron chi connectivity index (χ4n) is 8.61. The largest absolute Gasteiger partial charge is 0.344 e. The molecule has 3 atom stereocenters. The van der Waals surface area contributed by atoms with E-state index in [1.807, 2.05) is 0 Å². The summed E-state index contributed by atoms with van der Waals surface area (Å²) >= 11 is 6.58. The van der Waals surface area contributed by atoms with E-state index in [2.05, 4.69) is 25.2 Å². The molecule has 65 heavy (non-hydrogen) atoms. The van der Waals surface area contributed by atoms with E-state index in [4.69, 9.17) is 16.6 Å². The fraction of sp³-hybridized carbons (Fsp3) is 0.286. The minimum absolute atomic E-state index is 0.0252. The Kier molecular flexibility index (Phi) is 10.7. The molecule has 0 radical (unpaired) electrons. The van der Waals surface area contributed by atoms with Crippen LogP contribution in [0.3, 0.4) is 0 Å². The van der Waals surface area contributed by atoms with E-state index in [1.54, 1.807) is 31.2 Å². The number of aryl methyl sites for hydroxylation is 1. The Balaban J connectivity index is 1.28. The molecule has 0 aliphatic heterocycles. The SMILES string of the molecule is Cc1cccc(-c2ccc3c(=O)n(-c4ccc(Cl)c5c(NS(C)(=O)=O)nn(CC(F)F)c45)c([C@H](Cc4cc(F)cc(F)c4)NC(=O)Cn4nc(C(F)F)c5c4C(F)(F)[C@@H]4CC54)nc3c2)n1. The summed E-state index contributed by atoms with van der Waals surface area (Å²) in [4.78, 5) is 38.6. The highest BCUT2D eigenvalue weighted by molar-refractivity contribution is 7.92. The average molecular weight is 946 g/mol. The summed E-state index contributed by atoms with van der Waals surface area (Å²) in [7, 11) is -4.13. The smallest absolute Gasteiger partial charge is 0.293 e. The van der Waals surface area contributed by atoms with Gasteiger partial charge in [-0.1, -0.05) is 23.7 Å². The highest BCUT2D eigenvalue weighted by Crippen LogP contribution is 2.68. The number of hydrogen-bond acceptors (Lipinski definition) is 8. The van der Waals surface area contributed by atoms with Crippen LogP contribution >= 0.6 is 11.6 Å². The molecule has 9 rings (SSSR count). The second kappa shape index (κ2) is 15.9. The number of sulfonamides is 1. The highest BCUT2D eigenvalue weighted by Gasteiger charge is 2.67. The molecule has 1 saturated carbocycles. The van der Waals surface area contributed by atoms with Crippen LogP contribution in [0, 0.1) is 24.5 Å². The van der Waals surface area contributed by atoms with Crippen LogP contribution in [-0.2, 0) is 40.3 Å². The summed E-state index contributed by atoms with van der Waals surface area (Å²) in [6.45, 7) is -0.469. The summed E-state index contributed by atoms with van der Waals surface area (Å²) in [6.07, 6.45) is -6.20. The first-order valence-electron chi connectivity index (χ1n) is 19.7. The van der Waals surface area contributed by atoms with E-state index in [1.165, 1.54) is 24.3 Å². The molecule has 1 amide bonds. The lowest BCUT2D eigenvalue weighted by Crippen LogP contribution is -2.38. The van der Waals surface area contributed by atoms with E-state index < -0.39 is 112 Å². The molecule has 2 aliphatic rings. The van der Waals surface area contributed by atoms with E-state index in [9.17, 15) is 39.6 Å². The lowest BCUT2D eigenvalue weighted by molar-refractivity contribution is -0.123. The zero-order valence-electron chi connectivity index (χ0n) is 33.6. The third-order valence-corrected chi connectivity index (χ3v) is 12.1. The van der Waals surface area contributed by atoms with E-state index in [-0.39, 0.29) is 50.1 Å². The van der Waals surface area contributed by atoms with E-state index >= 15 is 13.6 Å². The third kappa shape index (κ3) is 8.06. The zero-order valence-corrected chi connectivity index (χ0v) is 35.2. The standard InChI is InChI=1S/C42H32ClF8N9O4S/c1-18-4-3-5-27(52-18)20-6-7-23-28(13-20)54-40(60(41(23)62)30-9-8-26(43)34-36(30)58(16-31(46)47)56-39(34)57-65(2,63)64)29(12-19-10-21(44)14-22(45)11-19)53-32(61)17-59-37-33(35(55-59)38(48)49)24-15-25(24)42(37,50)51/h3-11,13-14,24-25,29,31,38H,12,15-17H2,1-2H3,(H,53,61)(H,56,57)/t24?,25-,29+/m1/s1. The number of nitrogens with one attached hydrogen (secondary N) is 2. The normalized spacial score (nSPS) is 16.9. The maximum atomic E-state index is 15.6. The number of benzene rings is 3. The van der Waals surface area contributed by atoms with Gasteiger partial charge < -0.3 is 5.32 Å². The van der Waals surface area contributed by atoms with Crippen molar-refractivity contribution in [1.82, 2.24) is 39.4 Å². The maximum Gasteiger partial charge on any atom is 0.293 e. The van der Waals surface area contributed by atoms with Gasteiger partial charge in [0.05, 0.1) is 50.5 Å². The van der Waals surface area contributed by atoms with Gasteiger partial charge in [0, 0.05) is 35.2 Å². The second-order valence-electron chi connectivity index (χ2n) is 15.9. The molecule has 0 bridgehead atoms. The van der Waals surface area contributed by atoms with E-state index in [0.29, 0.717) is 32.4 Å². The maximum absolute atomic E-state index is 15.6. The average Bonchev–Trinajstić information content (AvgIpc) is 3.74. The van der Waals surface area contributed by atoms with Crippen LogP contribution in [0.4, 0.5) is 40.9 Å². The lowest BCUT2D eigenvalue weighted by Gasteiger charge is -2.24. The Bertz CT molecular complexity index is 3270. The van der Waals surface area contributed by atoms with Crippen molar-refractivity contribution >= 4 is 55.2 Å². The van der Waals surface area contributed by atoms with Gasteiger partial charge in [-0.2, -0.15) is 19.0 Å². The van der Waals surface area contributed by atoms with Gasteiger partial charge in [0.15, 0.2) is 5.82 Å².